The number of carboxylic acid groups (broad SMARTS) is 1. The first kappa shape index (κ1) is 12.0. The highest BCUT2D eigenvalue weighted by atomic mass is 19.1. The van der Waals surface area contributed by atoms with Crippen molar-refractivity contribution in [3.63, 3.8) is 0 Å². The van der Waals surface area contributed by atoms with Crippen LogP contribution in [0.4, 0.5) is 14.6 Å². The van der Waals surface area contributed by atoms with Crippen LogP contribution in [0.5, 0.6) is 0 Å². The van der Waals surface area contributed by atoms with Gasteiger partial charge in [0.1, 0.15) is 17.5 Å². The van der Waals surface area contributed by atoms with Gasteiger partial charge in [-0.15, -0.1) is 0 Å². The van der Waals surface area contributed by atoms with E-state index in [-0.39, 0.29) is 16.9 Å². The van der Waals surface area contributed by atoms with Gasteiger partial charge in [-0.3, -0.25) is 4.68 Å². The topological polar surface area (TPSA) is 81.1 Å². The Labute approximate surface area is 100 Å². The van der Waals surface area contributed by atoms with E-state index in [0.29, 0.717) is 6.07 Å². The van der Waals surface area contributed by atoms with E-state index < -0.39 is 23.2 Å². The van der Waals surface area contributed by atoms with Crippen molar-refractivity contribution in [2.75, 3.05) is 5.73 Å². The SMILES string of the molecule is Cn1ncc(-c2cc(F)c(C(=O)O)cc2F)c1N. The lowest BCUT2D eigenvalue weighted by Gasteiger charge is -2.05. The van der Waals surface area contributed by atoms with Gasteiger partial charge in [-0.2, -0.15) is 5.10 Å². The van der Waals surface area contributed by atoms with Gasteiger partial charge in [-0.05, 0) is 12.1 Å². The van der Waals surface area contributed by atoms with Crippen molar-refractivity contribution in [3.8, 4) is 11.1 Å². The summed E-state index contributed by atoms with van der Waals surface area (Å²) in [6.07, 6.45) is 1.29. The molecule has 1 heterocycles. The zero-order valence-electron chi connectivity index (χ0n) is 9.32. The van der Waals surface area contributed by atoms with E-state index in [1.165, 1.54) is 10.9 Å². The predicted molar refractivity (Wildman–Crippen MR) is 59.9 cm³/mol. The van der Waals surface area contributed by atoms with E-state index in [0.717, 1.165) is 6.07 Å². The van der Waals surface area contributed by atoms with Crippen LogP contribution in [0, 0.1) is 11.6 Å². The molecule has 0 aliphatic carbocycles. The molecule has 5 nitrogen and oxygen atoms in total. The predicted octanol–water partition coefficient (Wildman–Crippen LogP) is 1.65. The molecule has 0 aliphatic rings. The van der Waals surface area contributed by atoms with Crippen LogP contribution < -0.4 is 5.73 Å². The standard InChI is InChI=1S/C11H9F2N3O2/c1-16-10(14)7(4-15-16)5-2-9(13)6(11(17)18)3-8(5)12/h2-4H,14H2,1H3,(H,17,18). The third-order valence-electron chi connectivity index (χ3n) is 2.56. The van der Waals surface area contributed by atoms with Crippen LogP contribution >= 0.6 is 0 Å². The number of benzene rings is 1. The summed E-state index contributed by atoms with van der Waals surface area (Å²) < 4.78 is 28.5. The van der Waals surface area contributed by atoms with Gasteiger partial charge in [-0.25, -0.2) is 13.6 Å². The van der Waals surface area contributed by atoms with Crippen LogP contribution in [0.3, 0.4) is 0 Å². The van der Waals surface area contributed by atoms with E-state index in [9.17, 15) is 13.6 Å². The van der Waals surface area contributed by atoms with Crippen LogP contribution in [-0.2, 0) is 7.05 Å². The Morgan fingerprint density at radius 3 is 2.50 bits per heavy atom. The number of nitrogens with zero attached hydrogens (tertiary/aromatic N) is 2. The van der Waals surface area contributed by atoms with Crippen molar-refractivity contribution in [1.82, 2.24) is 9.78 Å². The number of hydrogen-bond acceptors (Lipinski definition) is 3. The molecule has 3 N–H and O–H groups in total. The van der Waals surface area contributed by atoms with Crippen molar-refractivity contribution < 1.29 is 18.7 Å². The minimum absolute atomic E-state index is 0.122. The third-order valence-corrected chi connectivity index (χ3v) is 2.56. The molecular formula is C11H9F2N3O2. The minimum Gasteiger partial charge on any atom is -0.478 e. The van der Waals surface area contributed by atoms with Crippen molar-refractivity contribution in [2.45, 2.75) is 0 Å². The normalized spacial score (nSPS) is 10.6. The van der Waals surface area contributed by atoms with E-state index in [2.05, 4.69) is 5.10 Å². The van der Waals surface area contributed by atoms with Crippen molar-refractivity contribution >= 4 is 11.8 Å². The second-order valence-corrected chi connectivity index (χ2v) is 3.68. The molecule has 1 aromatic carbocycles. The maximum absolute atomic E-state index is 13.7. The summed E-state index contributed by atoms with van der Waals surface area (Å²) in [5, 5.41) is 12.5. The Kier molecular flexibility index (Phi) is 2.74. The molecule has 94 valence electrons. The molecule has 0 atom stereocenters. The lowest BCUT2D eigenvalue weighted by atomic mass is 10.0. The van der Waals surface area contributed by atoms with Crippen LogP contribution in [-0.4, -0.2) is 20.9 Å². The average molecular weight is 253 g/mol. The van der Waals surface area contributed by atoms with Gasteiger partial charge < -0.3 is 10.8 Å². The number of carboxylic acids is 1. The highest BCUT2D eigenvalue weighted by Gasteiger charge is 2.18. The van der Waals surface area contributed by atoms with E-state index >= 15 is 0 Å². The molecule has 0 fully saturated rings. The van der Waals surface area contributed by atoms with Gasteiger partial charge >= 0.3 is 5.97 Å². The van der Waals surface area contributed by atoms with Gasteiger partial charge in [0.2, 0.25) is 0 Å². The molecule has 2 rings (SSSR count). The molecule has 18 heavy (non-hydrogen) atoms. The number of nitrogen functional groups attached to an aromatic ring is 1. The number of aromatic carboxylic acids is 1. The minimum atomic E-state index is -1.53. The second kappa shape index (κ2) is 4.10. The summed E-state index contributed by atoms with van der Waals surface area (Å²) in [5.74, 6) is -3.26. The van der Waals surface area contributed by atoms with Gasteiger partial charge in [0.25, 0.3) is 0 Å². The molecule has 0 aliphatic heterocycles. The number of anilines is 1. The molecule has 0 saturated carbocycles. The molecule has 0 saturated heterocycles. The summed E-state index contributed by atoms with van der Waals surface area (Å²) in [6.45, 7) is 0. The van der Waals surface area contributed by atoms with E-state index in [4.69, 9.17) is 10.8 Å². The number of hydrogen-bond donors (Lipinski definition) is 2. The summed E-state index contributed by atoms with van der Waals surface area (Å²) >= 11 is 0. The smallest absolute Gasteiger partial charge is 0.338 e. The number of nitrogens with two attached hydrogens (primary N) is 1. The Hall–Kier alpha value is -2.44. The molecule has 0 bridgehead atoms. The summed E-state index contributed by atoms with van der Waals surface area (Å²) in [4.78, 5) is 10.6. The van der Waals surface area contributed by atoms with Crippen LogP contribution in [0.1, 0.15) is 10.4 Å². The largest absolute Gasteiger partial charge is 0.478 e. The van der Waals surface area contributed by atoms with Gasteiger partial charge in [-0.1, -0.05) is 0 Å². The lowest BCUT2D eigenvalue weighted by Crippen LogP contribution is -2.03. The fourth-order valence-electron chi connectivity index (χ4n) is 1.57. The van der Waals surface area contributed by atoms with Crippen molar-refractivity contribution in [1.29, 1.82) is 0 Å². The second-order valence-electron chi connectivity index (χ2n) is 3.68. The average Bonchev–Trinajstić information content (AvgIpc) is 2.62. The lowest BCUT2D eigenvalue weighted by molar-refractivity contribution is 0.0691. The van der Waals surface area contributed by atoms with Gasteiger partial charge in [0.15, 0.2) is 0 Å². The van der Waals surface area contributed by atoms with Gasteiger partial charge in [0, 0.05) is 18.2 Å². The van der Waals surface area contributed by atoms with Crippen LogP contribution in [0.2, 0.25) is 0 Å². The number of aromatic nitrogens is 2. The first-order valence-electron chi connectivity index (χ1n) is 4.92. The van der Waals surface area contributed by atoms with E-state index in [1.807, 2.05) is 0 Å². The summed E-state index contributed by atoms with van der Waals surface area (Å²) in [6, 6.07) is 1.42. The molecule has 2 aromatic rings. The van der Waals surface area contributed by atoms with Crippen molar-refractivity contribution in [2.24, 2.45) is 7.05 Å². The molecule has 1 aromatic heterocycles. The first-order chi connectivity index (χ1) is 8.41. The Balaban J connectivity index is 2.63. The third kappa shape index (κ3) is 1.79. The summed E-state index contributed by atoms with van der Waals surface area (Å²) in [7, 11) is 1.55. The maximum Gasteiger partial charge on any atom is 0.338 e. The zero-order valence-corrected chi connectivity index (χ0v) is 9.32. The van der Waals surface area contributed by atoms with Crippen molar-refractivity contribution in [3.05, 3.63) is 35.5 Å². The summed E-state index contributed by atoms with van der Waals surface area (Å²) in [5.41, 5.74) is 5.01. The number of carbonyl (C=O) groups is 1. The Morgan fingerprint density at radius 2 is 2.00 bits per heavy atom. The highest BCUT2D eigenvalue weighted by molar-refractivity contribution is 5.89. The molecule has 0 unspecified atom stereocenters. The number of rotatable bonds is 2. The van der Waals surface area contributed by atoms with Crippen LogP contribution in [0.25, 0.3) is 11.1 Å². The molecular weight excluding hydrogens is 244 g/mol. The molecule has 0 spiro atoms. The van der Waals surface area contributed by atoms with Crippen LogP contribution in [0.15, 0.2) is 18.3 Å². The first-order valence-corrected chi connectivity index (χ1v) is 4.92. The quantitative estimate of drug-likeness (QED) is 0.852. The number of aryl methyl sites for hydroxylation is 1. The maximum atomic E-state index is 13.7. The Morgan fingerprint density at radius 1 is 1.33 bits per heavy atom. The van der Waals surface area contributed by atoms with Gasteiger partial charge in [0.05, 0.1) is 11.8 Å². The monoisotopic (exact) mass is 253 g/mol. The molecule has 7 heteroatoms. The Bertz CT molecular complexity index is 637. The molecule has 0 radical (unpaired) electrons. The number of halogens is 2. The molecule has 0 amide bonds. The van der Waals surface area contributed by atoms with E-state index in [1.54, 1.807) is 7.05 Å². The fourth-order valence-corrected chi connectivity index (χ4v) is 1.57. The highest BCUT2D eigenvalue weighted by Crippen LogP contribution is 2.29. The fraction of sp³-hybridized carbons (Fsp3) is 0.0909. The zero-order chi connectivity index (χ0) is 13.4.